The number of aliphatic hydroxyl groups is 1. The minimum atomic E-state index is -2.17. The lowest BCUT2D eigenvalue weighted by Gasteiger charge is -2.38. The molecule has 1 aliphatic rings. The van der Waals surface area contributed by atoms with Crippen molar-refractivity contribution in [2.45, 2.75) is 63.7 Å². The maximum Gasteiger partial charge on any atom is 0.552 e. The van der Waals surface area contributed by atoms with Crippen molar-refractivity contribution in [1.29, 1.82) is 0 Å². The summed E-state index contributed by atoms with van der Waals surface area (Å²) in [6.45, 7) is 4.93. The van der Waals surface area contributed by atoms with E-state index in [2.05, 4.69) is 15.6 Å². The van der Waals surface area contributed by atoms with Gasteiger partial charge in [-0.1, -0.05) is 50.2 Å². The number of hydrogen-bond acceptors (Lipinski definition) is 10. The van der Waals surface area contributed by atoms with Crippen LogP contribution in [0.1, 0.15) is 50.5 Å². The Hall–Kier alpha value is -4.30. The first kappa shape index (κ1) is 32.2. The third kappa shape index (κ3) is 8.14. The number of nitrogens with zero attached hydrogens (tertiary/aromatic N) is 1. The average molecular weight is 583 g/mol. The highest BCUT2D eigenvalue weighted by atomic mass is 16.7. The number of esters is 1. The number of methoxy groups -OCH3 is 1. The lowest BCUT2D eigenvalue weighted by Crippen LogP contribution is -2.63. The summed E-state index contributed by atoms with van der Waals surface area (Å²) in [7, 11) is -0.539. The second-order valence-corrected chi connectivity index (χ2v) is 10.4. The van der Waals surface area contributed by atoms with E-state index in [1.54, 1.807) is 12.1 Å². The van der Waals surface area contributed by atoms with Gasteiger partial charge in [0, 0.05) is 5.56 Å². The van der Waals surface area contributed by atoms with E-state index in [9.17, 15) is 34.2 Å². The van der Waals surface area contributed by atoms with E-state index >= 15 is 0 Å². The van der Waals surface area contributed by atoms with Crippen molar-refractivity contribution >= 4 is 36.8 Å². The van der Waals surface area contributed by atoms with Crippen LogP contribution in [-0.2, 0) is 33.2 Å². The number of pyridine rings is 1. The van der Waals surface area contributed by atoms with Gasteiger partial charge in [0.1, 0.15) is 11.7 Å². The molecule has 4 atom stereocenters. The summed E-state index contributed by atoms with van der Waals surface area (Å²) in [5, 5.41) is 24.9. The Labute approximate surface area is 243 Å². The number of aromatic nitrogens is 1. The molecule has 2 amide bonds. The van der Waals surface area contributed by atoms with Crippen molar-refractivity contribution in [3.8, 4) is 11.3 Å². The van der Waals surface area contributed by atoms with E-state index in [1.807, 2.05) is 44.2 Å². The average Bonchev–Trinajstić information content (AvgIpc) is 2.94. The Morgan fingerprint density at radius 3 is 2.36 bits per heavy atom. The van der Waals surface area contributed by atoms with Gasteiger partial charge in [-0.2, -0.15) is 0 Å². The van der Waals surface area contributed by atoms with Gasteiger partial charge in [-0.3, -0.25) is 19.2 Å². The Kier molecular flexibility index (Phi) is 10.8. The summed E-state index contributed by atoms with van der Waals surface area (Å²) in [5.41, 5.74) is -0.852. The first-order valence-electron chi connectivity index (χ1n) is 13.3. The van der Waals surface area contributed by atoms with Crippen LogP contribution in [0, 0.1) is 5.92 Å². The van der Waals surface area contributed by atoms with Crippen molar-refractivity contribution in [2.24, 2.45) is 5.92 Å². The summed E-state index contributed by atoms with van der Waals surface area (Å²) >= 11 is 0. The van der Waals surface area contributed by atoms with Crippen LogP contribution in [0.5, 0.6) is 0 Å². The fourth-order valence-corrected chi connectivity index (χ4v) is 4.55. The van der Waals surface area contributed by atoms with Gasteiger partial charge in [-0.05, 0) is 31.4 Å². The fraction of sp³-hybridized carbons (Fsp3) is 0.429. The van der Waals surface area contributed by atoms with Crippen LogP contribution in [0.3, 0.4) is 0 Å². The molecule has 1 fully saturated rings. The Morgan fingerprint density at radius 1 is 1.07 bits per heavy atom. The highest BCUT2D eigenvalue weighted by Crippen LogP contribution is 2.31. The van der Waals surface area contributed by atoms with Crippen LogP contribution in [-0.4, -0.2) is 82.8 Å². The zero-order chi connectivity index (χ0) is 31.0. The number of carbonyl (C=O) groups excluding carboxylic acids is 4. The molecule has 0 aliphatic carbocycles. The predicted octanol–water partition coefficient (Wildman–Crippen LogP) is 1.14. The molecule has 2 aromatic rings. The molecule has 1 saturated heterocycles. The monoisotopic (exact) mass is 583 g/mol. The van der Waals surface area contributed by atoms with Crippen LogP contribution in [0.4, 0.5) is 0 Å². The first-order chi connectivity index (χ1) is 19.8. The third-order valence-electron chi connectivity index (χ3n) is 6.50. The maximum atomic E-state index is 13.4. The topological polar surface area (TPSA) is 190 Å². The number of rotatable bonds is 12. The molecular weight excluding hydrogens is 549 g/mol. The van der Waals surface area contributed by atoms with E-state index < -0.39 is 73.4 Å². The van der Waals surface area contributed by atoms with Crippen LogP contribution in [0.2, 0.25) is 0 Å². The molecule has 0 bridgehead atoms. The quantitative estimate of drug-likeness (QED) is 0.207. The molecule has 2 heterocycles. The van der Waals surface area contributed by atoms with Gasteiger partial charge in [0.15, 0.2) is 5.60 Å². The Balaban J connectivity index is 1.83. The van der Waals surface area contributed by atoms with Crippen molar-refractivity contribution in [2.75, 3.05) is 7.11 Å². The van der Waals surface area contributed by atoms with Crippen LogP contribution >= 0.6 is 0 Å². The molecule has 0 saturated carbocycles. The van der Waals surface area contributed by atoms with E-state index in [-0.39, 0.29) is 18.0 Å². The highest BCUT2D eigenvalue weighted by molar-refractivity contribution is 6.50. The number of aliphatic hydroxyl groups excluding tert-OH is 1. The normalized spacial score (nSPS) is 18.8. The van der Waals surface area contributed by atoms with Crippen LogP contribution in [0.25, 0.3) is 11.3 Å². The zero-order valence-electron chi connectivity index (χ0n) is 23.7. The molecule has 1 aromatic carbocycles. The van der Waals surface area contributed by atoms with E-state index in [1.165, 1.54) is 13.0 Å². The lowest BCUT2D eigenvalue weighted by molar-refractivity contribution is -0.177. The number of hydrogen-bond donors (Lipinski definition) is 4. The number of carbonyl (C=O) groups is 5. The number of amides is 2. The minimum absolute atomic E-state index is 0.00890. The highest BCUT2D eigenvalue weighted by Gasteiger charge is 2.55. The van der Waals surface area contributed by atoms with Gasteiger partial charge in [0.05, 0.1) is 37.7 Å². The summed E-state index contributed by atoms with van der Waals surface area (Å²) in [6, 6.07) is 12.5. The second-order valence-electron chi connectivity index (χ2n) is 10.4. The minimum Gasteiger partial charge on any atom is -0.508 e. The third-order valence-corrected chi connectivity index (χ3v) is 6.50. The largest absolute Gasteiger partial charge is 0.552 e. The molecule has 1 aliphatic heterocycles. The van der Waals surface area contributed by atoms with Gasteiger partial charge < -0.3 is 34.9 Å². The number of benzene rings is 1. The summed E-state index contributed by atoms with van der Waals surface area (Å²) < 4.78 is 15.8. The van der Waals surface area contributed by atoms with Crippen molar-refractivity contribution in [3.63, 3.8) is 0 Å². The van der Waals surface area contributed by atoms with E-state index in [4.69, 9.17) is 14.0 Å². The number of carboxylic acids is 1. The standard InChI is InChI=1S/C28H34BN3O10/c1-16(2)13-21(29-41-23(36)15-28(42-29,14-22(34)35)27(39)40-4)31-26(38)24(17(3)33)32-25(37)20-12-8-11-19(30-20)18-9-6-5-7-10-18/h5-12,16-17,21,24,33H,13-15H2,1-4H3,(H,31,38)(H,32,37)(H,34,35)/t17?,21?,24?,28-/m1/s1. The van der Waals surface area contributed by atoms with Crippen molar-refractivity contribution in [1.82, 2.24) is 15.6 Å². The molecule has 13 nitrogen and oxygen atoms in total. The fourth-order valence-electron chi connectivity index (χ4n) is 4.55. The first-order valence-corrected chi connectivity index (χ1v) is 13.3. The summed E-state index contributed by atoms with van der Waals surface area (Å²) in [4.78, 5) is 67.5. The molecular formula is C28H34BN3O10. The summed E-state index contributed by atoms with van der Waals surface area (Å²) in [5.74, 6) is -6.17. The molecule has 0 radical (unpaired) electrons. The predicted molar refractivity (Wildman–Crippen MR) is 149 cm³/mol. The number of ether oxygens (including phenoxy) is 1. The Bertz CT molecular complexity index is 1300. The second kappa shape index (κ2) is 14.1. The number of aliphatic carboxylic acids is 1. The molecule has 1 aromatic heterocycles. The molecule has 0 spiro atoms. The molecule has 224 valence electrons. The van der Waals surface area contributed by atoms with Gasteiger partial charge in [0.2, 0.25) is 5.91 Å². The zero-order valence-corrected chi connectivity index (χ0v) is 23.7. The smallest absolute Gasteiger partial charge is 0.508 e. The SMILES string of the molecule is COC(=O)[C@@]1(CC(=O)O)CC(=O)OB(C(CC(C)C)NC(=O)C(NC(=O)c2cccc(-c3ccccc3)n2)C(C)O)O1. The number of nitrogens with one attached hydrogen (secondary N) is 2. The van der Waals surface area contributed by atoms with Gasteiger partial charge in [0.25, 0.3) is 11.9 Å². The van der Waals surface area contributed by atoms with Gasteiger partial charge in [-0.25, -0.2) is 9.78 Å². The molecule has 4 N–H and O–H groups in total. The molecule has 3 unspecified atom stereocenters. The summed E-state index contributed by atoms with van der Waals surface area (Å²) in [6.07, 6.45) is -2.78. The molecule has 14 heteroatoms. The van der Waals surface area contributed by atoms with Crippen molar-refractivity contribution < 1.29 is 48.2 Å². The molecule has 42 heavy (non-hydrogen) atoms. The maximum absolute atomic E-state index is 13.4. The Morgan fingerprint density at radius 2 is 1.76 bits per heavy atom. The van der Waals surface area contributed by atoms with Crippen LogP contribution < -0.4 is 10.6 Å². The lowest BCUT2D eigenvalue weighted by atomic mass is 9.70. The molecule has 3 rings (SSSR count). The van der Waals surface area contributed by atoms with E-state index in [0.717, 1.165) is 12.7 Å². The van der Waals surface area contributed by atoms with Gasteiger partial charge >= 0.3 is 19.1 Å². The van der Waals surface area contributed by atoms with Crippen molar-refractivity contribution in [3.05, 3.63) is 54.2 Å². The van der Waals surface area contributed by atoms with E-state index in [0.29, 0.717) is 5.69 Å². The van der Waals surface area contributed by atoms with Gasteiger partial charge in [-0.15, -0.1) is 0 Å². The van der Waals surface area contributed by atoms with Crippen LogP contribution in [0.15, 0.2) is 48.5 Å². The number of carboxylic acid groups (broad SMARTS) is 1.